The largest absolute Gasteiger partial charge is 0.311 e. The van der Waals surface area contributed by atoms with Gasteiger partial charge in [-0.15, -0.1) is 11.3 Å². The average Bonchev–Trinajstić information content (AvgIpc) is 2.96. The normalized spacial score (nSPS) is 12.8. The lowest BCUT2D eigenvalue weighted by Crippen LogP contribution is -2.31. The summed E-state index contributed by atoms with van der Waals surface area (Å²) in [6, 6.07) is 12.6. The van der Waals surface area contributed by atoms with Gasteiger partial charge >= 0.3 is 0 Å². The van der Waals surface area contributed by atoms with Gasteiger partial charge in [0.2, 0.25) is 0 Å². The van der Waals surface area contributed by atoms with E-state index in [4.69, 9.17) is 11.6 Å². The number of rotatable bonds is 7. The number of hydrogen-bond acceptors (Lipinski definition) is 3. The molecule has 2 nitrogen and oxygen atoms in total. The van der Waals surface area contributed by atoms with Crippen molar-refractivity contribution in [2.45, 2.75) is 19.5 Å². The van der Waals surface area contributed by atoms with Gasteiger partial charge in [-0.25, -0.2) is 0 Å². The van der Waals surface area contributed by atoms with Gasteiger partial charge in [0, 0.05) is 35.6 Å². The van der Waals surface area contributed by atoms with Crippen LogP contribution in [0.1, 0.15) is 23.4 Å². The quantitative estimate of drug-likeness (QED) is 0.772. The monoisotopic (exact) mass is 308 g/mol. The van der Waals surface area contributed by atoms with Crippen molar-refractivity contribution in [1.29, 1.82) is 0 Å². The summed E-state index contributed by atoms with van der Waals surface area (Å²) in [7, 11) is 2.14. The first kappa shape index (κ1) is 15.5. The van der Waals surface area contributed by atoms with E-state index in [1.807, 2.05) is 18.2 Å². The van der Waals surface area contributed by atoms with Crippen LogP contribution in [-0.2, 0) is 6.54 Å². The Kier molecular flexibility index (Phi) is 6.05. The van der Waals surface area contributed by atoms with Crippen molar-refractivity contribution in [3.63, 3.8) is 0 Å². The zero-order valence-corrected chi connectivity index (χ0v) is 13.5. The number of nitrogens with zero attached hydrogens (tertiary/aromatic N) is 1. The summed E-state index contributed by atoms with van der Waals surface area (Å²) in [5.41, 5.74) is 1.19. The third-order valence-corrected chi connectivity index (χ3v) is 4.76. The minimum absolute atomic E-state index is 0.326. The van der Waals surface area contributed by atoms with Crippen molar-refractivity contribution in [3.8, 4) is 0 Å². The standard InChI is InChI=1S/C16H21ClN2S/c1-13(15-7-3-4-8-16(15)17)19(2)10-9-18-12-14-6-5-11-20-14/h3-8,11,13,18H,9-10,12H2,1-2H3. The van der Waals surface area contributed by atoms with E-state index in [0.29, 0.717) is 6.04 Å². The summed E-state index contributed by atoms with van der Waals surface area (Å²) in [6.07, 6.45) is 0. The molecule has 0 spiro atoms. The maximum absolute atomic E-state index is 6.25. The van der Waals surface area contributed by atoms with Gasteiger partial charge < -0.3 is 5.32 Å². The van der Waals surface area contributed by atoms with Crippen LogP contribution in [-0.4, -0.2) is 25.0 Å². The number of halogens is 1. The van der Waals surface area contributed by atoms with Crippen molar-refractivity contribution >= 4 is 22.9 Å². The highest BCUT2D eigenvalue weighted by Crippen LogP contribution is 2.25. The molecule has 0 amide bonds. The molecule has 1 aromatic carbocycles. The average molecular weight is 309 g/mol. The van der Waals surface area contributed by atoms with Crippen LogP contribution in [0.5, 0.6) is 0 Å². The lowest BCUT2D eigenvalue weighted by atomic mass is 10.1. The highest BCUT2D eigenvalue weighted by atomic mass is 35.5. The fourth-order valence-corrected chi connectivity index (χ4v) is 3.09. The molecular formula is C16H21ClN2S. The van der Waals surface area contributed by atoms with E-state index in [9.17, 15) is 0 Å². The van der Waals surface area contributed by atoms with E-state index >= 15 is 0 Å². The van der Waals surface area contributed by atoms with Crippen LogP contribution in [0.25, 0.3) is 0 Å². The van der Waals surface area contributed by atoms with Crippen LogP contribution in [0.15, 0.2) is 41.8 Å². The van der Waals surface area contributed by atoms with E-state index in [1.165, 1.54) is 10.4 Å². The Balaban J connectivity index is 1.77. The summed E-state index contributed by atoms with van der Waals surface area (Å²) in [4.78, 5) is 3.70. The van der Waals surface area contributed by atoms with Crippen LogP contribution in [0.2, 0.25) is 5.02 Å². The van der Waals surface area contributed by atoms with Crippen molar-refractivity contribution < 1.29 is 0 Å². The highest BCUT2D eigenvalue weighted by molar-refractivity contribution is 7.09. The van der Waals surface area contributed by atoms with Crippen molar-refractivity contribution in [3.05, 3.63) is 57.2 Å². The van der Waals surface area contributed by atoms with Gasteiger partial charge in [0.05, 0.1) is 0 Å². The summed E-state index contributed by atoms with van der Waals surface area (Å²) in [6.45, 7) is 5.12. The molecule has 0 saturated carbocycles. The second-order valence-electron chi connectivity index (χ2n) is 4.93. The first-order valence-corrected chi connectivity index (χ1v) is 8.12. The Morgan fingerprint density at radius 2 is 2.05 bits per heavy atom. The number of nitrogens with one attached hydrogen (secondary N) is 1. The molecule has 4 heteroatoms. The van der Waals surface area contributed by atoms with Crippen LogP contribution in [0.3, 0.4) is 0 Å². The predicted molar refractivity (Wildman–Crippen MR) is 88.5 cm³/mol. The number of benzene rings is 1. The molecule has 0 saturated heterocycles. The number of thiophene rings is 1. The van der Waals surface area contributed by atoms with E-state index < -0.39 is 0 Å². The van der Waals surface area contributed by atoms with Crippen LogP contribution >= 0.6 is 22.9 Å². The molecule has 1 N–H and O–H groups in total. The molecule has 2 aromatic rings. The van der Waals surface area contributed by atoms with Gasteiger partial charge in [0.15, 0.2) is 0 Å². The van der Waals surface area contributed by atoms with E-state index in [2.05, 4.69) is 47.8 Å². The molecule has 1 atom stereocenters. The minimum Gasteiger partial charge on any atom is -0.311 e. The van der Waals surface area contributed by atoms with Gasteiger partial charge in [0.25, 0.3) is 0 Å². The van der Waals surface area contributed by atoms with Gasteiger partial charge in [-0.05, 0) is 37.0 Å². The molecule has 0 fully saturated rings. The van der Waals surface area contributed by atoms with Crippen LogP contribution < -0.4 is 5.32 Å². The van der Waals surface area contributed by atoms with Crippen LogP contribution in [0, 0.1) is 0 Å². The first-order valence-electron chi connectivity index (χ1n) is 6.86. The fourth-order valence-electron chi connectivity index (χ4n) is 2.13. The Morgan fingerprint density at radius 3 is 2.75 bits per heavy atom. The SMILES string of the molecule is CC(c1ccccc1Cl)N(C)CCNCc1cccs1. The molecule has 1 unspecified atom stereocenters. The summed E-state index contributed by atoms with van der Waals surface area (Å²) in [5, 5.41) is 6.43. The van der Waals surface area contributed by atoms with Gasteiger partial charge in [0.1, 0.15) is 0 Å². The Morgan fingerprint density at radius 1 is 1.25 bits per heavy atom. The molecule has 0 aliphatic carbocycles. The van der Waals surface area contributed by atoms with E-state index in [-0.39, 0.29) is 0 Å². The molecule has 20 heavy (non-hydrogen) atoms. The molecule has 108 valence electrons. The second kappa shape index (κ2) is 7.79. The second-order valence-corrected chi connectivity index (χ2v) is 6.37. The van der Waals surface area contributed by atoms with E-state index in [1.54, 1.807) is 11.3 Å². The lowest BCUT2D eigenvalue weighted by Gasteiger charge is -2.25. The topological polar surface area (TPSA) is 15.3 Å². The van der Waals surface area contributed by atoms with Crippen molar-refractivity contribution in [2.75, 3.05) is 20.1 Å². The van der Waals surface area contributed by atoms with Gasteiger partial charge in [-0.3, -0.25) is 4.90 Å². The zero-order chi connectivity index (χ0) is 14.4. The Bertz CT molecular complexity index is 513. The van der Waals surface area contributed by atoms with Crippen LogP contribution in [0.4, 0.5) is 0 Å². The summed E-state index contributed by atoms with van der Waals surface area (Å²) in [5.74, 6) is 0. The first-order chi connectivity index (χ1) is 9.68. The Labute approximate surface area is 130 Å². The molecule has 0 radical (unpaired) electrons. The lowest BCUT2D eigenvalue weighted by molar-refractivity contribution is 0.261. The number of likely N-dealkylation sites (N-methyl/N-ethyl adjacent to an activating group) is 1. The number of hydrogen-bond donors (Lipinski definition) is 1. The maximum Gasteiger partial charge on any atom is 0.0453 e. The molecule has 1 heterocycles. The third kappa shape index (κ3) is 4.32. The molecule has 0 bridgehead atoms. The maximum atomic E-state index is 6.25. The van der Waals surface area contributed by atoms with Gasteiger partial charge in [-0.1, -0.05) is 35.9 Å². The molecule has 0 aliphatic heterocycles. The van der Waals surface area contributed by atoms with Crippen molar-refractivity contribution in [1.82, 2.24) is 10.2 Å². The van der Waals surface area contributed by atoms with E-state index in [0.717, 1.165) is 24.7 Å². The minimum atomic E-state index is 0.326. The fraction of sp³-hybridized carbons (Fsp3) is 0.375. The molecule has 2 rings (SSSR count). The van der Waals surface area contributed by atoms with Gasteiger partial charge in [-0.2, -0.15) is 0 Å². The smallest absolute Gasteiger partial charge is 0.0453 e. The predicted octanol–water partition coefficient (Wildman–Crippen LogP) is 4.18. The summed E-state index contributed by atoms with van der Waals surface area (Å²) < 4.78 is 0. The highest BCUT2D eigenvalue weighted by Gasteiger charge is 2.13. The Hall–Kier alpha value is -0.870. The zero-order valence-electron chi connectivity index (χ0n) is 12.0. The molecule has 1 aromatic heterocycles. The third-order valence-electron chi connectivity index (χ3n) is 3.54. The van der Waals surface area contributed by atoms with Crippen molar-refractivity contribution in [2.24, 2.45) is 0 Å². The molecule has 0 aliphatic rings. The summed E-state index contributed by atoms with van der Waals surface area (Å²) >= 11 is 8.04. The molecular weight excluding hydrogens is 288 g/mol.